The first-order valence-electron chi connectivity index (χ1n) is 10.9. The Morgan fingerprint density at radius 1 is 0.875 bits per heavy atom. The number of carbonyl (C=O) groups excluding carboxylic acids is 1. The molecule has 1 aliphatic rings. The van der Waals surface area contributed by atoms with Gasteiger partial charge in [0.15, 0.2) is 5.11 Å². The molecule has 0 aromatic heterocycles. The van der Waals surface area contributed by atoms with Crippen LogP contribution in [0, 0.1) is 0 Å². The molecule has 1 heterocycles. The van der Waals surface area contributed by atoms with E-state index >= 15 is 0 Å². The summed E-state index contributed by atoms with van der Waals surface area (Å²) >= 11 is 5.72. The maximum atomic E-state index is 12.7. The van der Waals surface area contributed by atoms with Crippen molar-refractivity contribution in [2.24, 2.45) is 0 Å². The largest absolute Gasteiger partial charge is 0.346 e. The minimum absolute atomic E-state index is 0.0992. The second kappa shape index (κ2) is 10.4. The number of thiocarbonyl (C=S) groups is 1. The van der Waals surface area contributed by atoms with Gasteiger partial charge in [0.05, 0.1) is 6.54 Å². The van der Waals surface area contributed by atoms with Crippen LogP contribution >= 0.6 is 12.2 Å². The molecule has 4 rings (SSSR count). The van der Waals surface area contributed by atoms with Gasteiger partial charge in [0.25, 0.3) is 0 Å². The number of para-hydroxylation sites is 2. The Hall–Kier alpha value is -3.22. The van der Waals surface area contributed by atoms with Gasteiger partial charge in [0.1, 0.15) is 0 Å². The molecule has 1 fully saturated rings. The maximum absolute atomic E-state index is 12.7. The second-order valence-electron chi connectivity index (χ2n) is 7.89. The van der Waals surface area contributed by atoms with Gasteiger partial charge < -0.3 is 15.1 Å². The first-order chi connectivity index (χ1) is 15.6. The van der Waals surface area contributed by atoms with Gasteiger partial charge in [-0.15, -0.1) is 0 Å². The van der Waals surface area contributed by atoms with Crippen LogP contribution in [0.5, 0.6) is 0 Å². The van der Waals surface area contributed by atoms with Crippen molar-refractivity contribution in [2.75, 3.05) is 50.0 Å². The quantitative estimate of drug-likeness (QED) is 0.593. The third kappa shape index (κ3) is 5.33. The molecule has 5 nitrogen and oxygen atoms in total. The van der Waals surface area contributed by atoms with Crippen LogP contribution in [0.25, 0.3) is 11.1 Å². The molecule has 1 N–H and O–H groups in total. The van der Waals surface area contributed by atoms with Crippen molar-refractivity contribution in [3.63, 3.8) is 0 Å². The van der Waals surface area contributed by atoms with Gasteiger partial charge in [-0.2, -0.15) is 0 Å². The van der Waals surface area contributed by atoms with Crippen LogP contribution in [0.1, 0.15) is 0 Å². The van der Waals surface area contributed by atoms with Gasteiger partial charge in [-0.1, -0.05) is 66.7 Å². The fourth-order valence-corrected chi connectivity index (χ4v) is 4.15. The molecule has 164 valence electrons. The van der Waals surface area contributed by atoms with E-state index in [-0.39, 0.29) is 5.91 Å². The lowest BCUT2D eigenvalue weighted by molar-refractivity contribution is -0.119. The zero-order valence-electron chi connectivity index (χ0n) is 18.3. The first-order valence-corrected chi connectivity index (χ1v) is 11.3. The highest BCUT2D eigenvalue weighted by molar-refractivity contribution is 7.80. The van der Waals surface area contributed by atoms with E-state index in [1.54, 1.807) is 4.90 Å². The molecule has 0 unspecified atom stereocenters. The van der Waals surface area contributed by atoms with E-state index in [9.17, 15) is 4.79 Å². The van der Waals surface area contributed by atoms with E-state index in [1.807, 2.05) is 67.7 Å². The average molecular weight is 445 g/mol. The molecule has 0 radical (unpaired) electrons. The van der Waals surface area contributed by atoms with E-state index in [0.29, 0.717) is 6.54 Å². The topological polar surface area (TPSA) is 38.8 Å². The van der Waals surface area contributed by atoms with Gasteiger partial charge in [-0.25, -0.2) is 0 Å². The lowest BCUT2D eigenvalue weighted by atomic mass is 10.0. The van der Waals surface area contributed by atoms with Gasteiger partial charge in [-0.3, -0.25) is 9.69 Å². The molecular weight excluding hydrogens is 416 g/mol. The Bertz CT molecular complexity index is 1050. The van der Waals surface area contributed by atoms with Gasteiger partial charge in [0.2, 0.25) is 5.91 Å². The summed E-state index contributed by atoms with van der Waals surface area (Å²) in [6.07, 6.45) is 0. The average Bonchev–Trinajstić information content (AvgIpc) is 2.85. The highest BCUT2D eigenvalue weighted by Crippen LogP contribution is 2.27. The van der Waals surface area contributed by atoms with Crippen LogP contribution in [-0.2, 0) is 4.79 Å². The van der Waals surface area contributed by atoms with E-state index in [2.05, 4.69) is 39.4 Å². The number of benzene rings is 3. The Morgan fingerprint density at radius 3 is 2.16 bits per heavy atom. The maximum Gasteiger partial charge on any atom is 0.240 e. The summed E-state index contributed by atoms with van der Waals surface area (Å²) in [5, 5.41) is 4.16. The Kier molecular flexibility index (Phi) is 7.14. The molecule has 0 aliphatic carbocycles. The molecule has 3 aromatic carbocycles. The molecule has 1 saturated heterocycles. The Labute approximate surface area is 195 Å². The highest BCUT2D eigenvalue weighted by atomic mass is 32.1. The zero-order valence-corrected chi connectivity index (χ0v) is 19.1. The number of likely N-dealkylation sites (N-methyl/N-ethyl adjacent to an activating group) is 1. The minimum Gasteiger partial charge on any atom is -0.346 e. The molecule has 0 saturated carbocycles. The lowest BCUT2D eigenvalue weighted by Crippen LogP contribution is -2.52. The summed E-state index contributed by atoms with van der Waals surface area (Å²) in [5.41, 5.74) is 4.21. The van der Waals surface area contributed by atoms with E-state index in [1.165, 1.54) is 0 Å². The number of carbonyl (C=O) groups is 1. The number of piperazine rings is 1. The SMILES string of the molecule is CN(C(=O)CN1CCN(C(=S)Nc2ccccc2-c2ccccc2)CC1)c1ccccc1. The number of rotatable bonds is 5. The third-order valence-corrected chi connectivity index (χ3v) is 6.15. The Morgan fingerprint density at radius 2 is 1.47 bits per heavy atom. The lowest BCUT2D eigenvalue weighted by Gasteiger charge is -2.36. The van der Waals surface area contributed by atoms with Crippen molar-refractivity contribution in [2.45, 2.75) is 0 Å². The fourth-order valence-electron chi connectivity index (χ4n) is 3.86. The smallest absolute Gasteiger partial charge is 0.240 e. The van der Waals surface area contributed by atoms with Crippen molar-refractivity contribution in [1.82, 2.24) is 9.80 Å². The highest BCUT2D eigenvalue weighted by Gasteiger charge is 2.22. The summed E-state index contributed by atoms with van der Waals surface area (Å²) < 4.78 is 0. The second-order valence-corrected chi connectivity index (χ2v) is 8.28. The minimum atomic E-state index is 0.0992. The van der Waals surface area contributed by atoms with Crippen LogP contribution in [-0.4, -0.2) is 60.6 Å². The van der Waals surface area contributed by atoms with Crippen molar-refractivity contribution < 1.29 is 4.79 Å². The molecule has 3 aromatic rings. The summed E-state index contributed by atoms with van der Waals surface area (Å²) in [6, 6.07) is 28.3. The molecule has 32 heavy (non-hydrogen) atoms. The number of anilines is 2. The van der Waals surface area contributed by atoms with E-state index in [0.717, 1.165) is 53.8 Å². The Balaban J connectivity index is 1.31. The van der Waals surface area contributed by atoms with Crippen LogP contribution < -0.4 is 10.2 Å². The van der Waals surface area contributed by atoms with Gasteiger partial charge in [-0.05, 0) is 36.0 Å². The number of nitrogens with zero attached hydrogens (tertiary/aromatic N) is 3. The molecule has 6 heteroatoms. The van der Waals surface area contributed by atoms with Crippen LogP contribution in [0.15, 0.2) is 84.9 Å². The van der Waals surface area contributed by atoms with E-state index < -0.39 is 0 Å². The summed E-state index contributed by atoms with van der Waals surface area (Å²) in [7, 11) is 1.83. The zero-order chi connectivity index (χ0) is 22.3. The van der Waals surface area contributed by atoms with Crippen molar-refractivity contribution in [3.05, 3.63) is 84.9 Å². The van der Waals surface area contributed by atoms with Crippen LogP contribution in [0.3, 0.4) is 0 Å². The van der Waals surface area contributed by atoms with Gasteiger partial charge >= 0.3 is 0 Å². The molecule has 0 atom stereocenters. The van der Waals surface area contributed by atoms with Crippen LogP contribution in [0.2, 0.25) is 0 Å². The first kappa shape index (κ1) is 22.0. The van der Waals surface area contributed by atoms with Gasteiger partial charge in [0, 0.05) is 50.2 Å². The molecule has 0 spiro atoms. The molecule has 1 amide bonds. The summed E-state index contributed by atoms with van der Waals surface area (Å²) in [5.74, 6) is 0.0992. The fraction of sp³-hybridized carbons (Fsp3) is 0.231. The monoisotopic (exact) mass is 444 g/mol. The van der Waals surface area contributed by atoms with Crippen molar-refractivity contribution in [1.29, 1.82) is 0 Å². The predicted molar refractivity (Wildman–Crippen MR) is 136 cm³/mol. The third-order valence-electron chi connectivity index (χ3n) is 5.79. The van der Waals surface area contributed by atoms with E-state index in [4.69, 9.17) is 12.2 Å². The summed E-state index contributed by atoms with van der Waals surface area (Å²) in [6.45, 7) is 3.60. The molecule has 0 bridgehead atoms. The van der Waals surface area contributed by atoms with Crippen molar-refractivity contribution >= 4 is 34.6 Å². The number of hydrogen-bond donors (Lipinski definition) is 1. The standard InChI is InChI=1S/C26H28N4OS/c1-28(22-12-6-3-7-13-22)25(31)20-29-16-18-30(19-17-29)26(32)27-24-15-9-8-14-23(24)21-10-4-2-5-11-21/h2-15H,16-20H2,1H3,(H,27,32). The molecular formula is C26H28N4OS. The number of hydrogen-bond acceptors (Lipinski definition) is 3. The number of amides is 1. The van der Waals surface area contributed by atoms with Crippen molar-refractivity contribution in [3.8, 4) is 11.1 Å². The molecule has 1 aliphatic heterocycles. The predicted octanol–water partition coefficient (Wildman–Crippen LogP) is 4.33. The summed E-state index contributed by atoms with van der Waals surface area (Å²) in [4.78, 5) is 18.8. The normalized spacial score (nSPS) is 14.1. The van der Waals surface area contributed by atoms with Crippen LogP contribution in [0.4, 0.5) is 11.4 Å². The number of nitrogens with one attached hydrogen (secondary N) is 1.